The first kappa shape index (κ1) is 15.6. The van der Waals surface area contributed by atoms with Crippen molar-refractivity contribution in [2.24, 2.45) is 5.92 Å². The highest BCUT2D eigenvalue weighted by Crippen LogP contribution is 2.25. The molecule has 0 N–H and O–H groups in total. The summed E-state index contributed by atoms with van der Waals surface area (Å²) in [6, 6.07) is 9.25. The van der Waals surface area contributed by atoms with Crippen molar-refractivity contribution in [3.05, 3.63) is 30.3 Å². The van der Waals surface area contributed by atoms with Crippen LogP contribution in [0.2, 0.25) is 0 Å². The monoisotopic (exact) mass is 316 g/mol. The van der Waals surface area contributed by atoms with Crippen molar-refractivity contribution < 1.29 is 8.42 Å². The lowest BCUT2D eigenvalue weighted by molar-refractivity contribution is 0.289. The molecular weight excluding hydrogens is 296 g/mol. The zero-order valence-corrected chi connectivity index (χ0v) is 13.3. The van der Waals surface area contributed by atoms with Gasteiger partial charge in [-0.25, -0.2) is 0 Å². The van der Waals surface area contributed by atoms with Crippen LogP contribution in [-0.4, -0.2) is 38.2 Å². The molecule has 0 aromatic heterocycles. The Kier molecular flexibility index (Phi) is 5.29. The zero-order chi connectivity index (χ0) is 14.6. The number of hydrogen-bond acceptors (Lipinski definition) is 2. The topological polar surface area (TPSA) is 40.6 Å². The molecule has 0 unspecified atom stereocenters. The van der Waals surface area contributed by atoms with Gasteiger partial charge in [0, 0.05) is 25.5 Å². The molecule has 0 bridgehead atoms. The molecule has 112 valence electrons. The van der Waals surface area contributed by atoms with Crippen LogP contribution in [0.1, 0.15) is 19.8 Å². The highest BCUT2D eigenvalue weighted by molar-refractivity contribution is 7.90. The molecule has 1 aromatic carbocycles. The van der Waals surface area contributed by atoms with Crippen molar-refractivity contribution in [2.45, 2.75) is 19.8 Å². The van der Waals surface area contributed by atoms with Gasteiger partial charge in [0.05, 0.1) is 5.69 Å². The molecule has 0 aliphatic carbocycles. The Morgan fingerprint density at radius 2 is 1.85 bits per heavy atom. The number of para-hydroxylation sites is 1. The summed E-state index contributed by atoms with van der Waals surface area (Å²) in [7, 11) is -3.44. The molecule has 1 aromatic rings. The quantitative estimate of drug-likeness (QED) is 0.784. The number of halogens is 1. The third-order valence-electron chi connectivity index (χ3n) is 3.73. The molecular formula is C14H21ClN2O2S. The number of rotatable bonds is 5. The highest BCUT2D eigenvalue weighted by atomic mass is 35.5. The second kappa shape index (κ2) is 6.78. The van der Waals surface area contributed by atoms with Crippen LogP contribution in [0.4, 0.5) is 5.69 Å². The van der Waals surface area contributed by atoms with Crippen LogP contribution >= 0.6 is 11.6 Å². The average molecular weight is 317 g/mol. The lowest BCUT2D eigenvalue weighted by Gasteiger charge is -2.34. The summed E-state index contributed by atoms with van der Waals surface area (Å²) in [5.41, 5.74) is 0.717. The van der Waals surface area contributed by atoms with Gasteiger partial charge in [-0.1, -0.05) is 18.2 Å². The fraction of sp³-hybridized carbons (Fsp3) is 0.571. The van der Waals surface area contributed by atoms with E-state index in [2.05, 4.69) is 0 Å². The molecule has 0 radical (unpaired) electrons. The van der Waals surface area contributed by atoms with E-state index in [9.17, 15) is 8.42 Å². The van der Waals surface area contributed by atoms with Crippen LogP contribution in [0.5, 0.6) is 0 Å². The molecule has 1 aliphatic rings. The Hall–Kier alpha value is -0.780. The predicted molar refractivity (Wildman–Crippen MR) is 83.4 cm³/mol. The van der Waals surface area contributed by atoms with E-state index in [1.807, 2.05) is 37.3 Å². The highest BCUT2D eigenvalue weighted by Gasteiger charge is 2.32. The van der Waals surface area contributed by atoms with Gasteiger partial charge < -0.3 is 0 Å². The minimum absolute atomic E-state index is 0.432. The van der Waals surface area contributed by atoms with E-state index >= 15 is 0 Å². The van der Waals surface area contributed by atoms with Gasteiger partial charge in [-0.05, 0) is 37.8 Å². The van der Waals surface area contributed by atoms with Crippen molar-refractivity contribution in [2.75, 3.05) is 29.8 Å². The Labute approximate surface area is 126 Å². The molecule has 1 heterocycles. The summed E-state index contributed by atoms with van der Waals surface area (Å²) >= 11 is 5.85. The number of benzene rings is 1. The number of piperidine rings is 1. The Morgan fingerprint density at radius 3 is 2.35 bits per heavy atom. The van der Waals surface area contributed by atoms with Gasteiger partial charge in [-0.2, -0.15) is 12.7 Å². The number of anilines is 1. The smallest absolute Gasteiger partial charge is 0.258 e. The summed E-state index contributed by atoms with van der Waals surface area (Å²) in [5.74, 6) is 1.05. The average Bonchev–Trinajstić information content (AvgIpc) is 2.49. The SMILES string of the molecule is CCN(c1ccccc1)S(=O)(=O)N1CCC(CCl)CC1. The lowest BCUT2D eigenvalue weighted by atomic mass is 10.0. The molecule has 6 heteroatoms. The molecule has 4 nitrogen and oxygen atoms in total. The van der Waals surface area contributed by atoms with Crippen molar-refractivity contribution in [3.8, 4) is 0 Å². The third kappa shape index (κ3) is 3.27. The van der Waals surface area contributed by atoms with Crippen molar-refractivity contribution in [3.63, 3.8) is 0 Å². The lowest BCUT2D eigenvalue weighted by Crippen LogP contribution is -2.47. The minimum atomic E-state index is -3.44. The van der Waals surface area contributed by atoms with Crippen LogP contribution in [0.25, 0.3) is 0 Å². The summed E-state index contributed by atoms with van der Waals surface area (Å²) in [6.45, 7) is 3.41. The van der Waals surface area contributed by atoms with Crippen LogP contribution in [0.3, 0.4) is 0 Å². The van der Waals surface area contributed by atoms with E-state index in [0.29, 0.717) is 31.4 Å². The minimum Gasteiger partial charge on any atom is -0.258 e. The van der Waals surface area contributed by atoms with Gasteiger partial charge in [0.15, 0.2) is 0 Å². The Balaban J connectivity index is 2.17. The number of nitrogens with zero attached hydrogens (tertiary/aromatic N) is 2. The van der Waals surface area contributed by atoms with Crippen molar-refractivity contribution in [1.82, 2.24) is 4.31 Å². The molecule has 1 aliphatic heterocycles. The first-order valence-electron chi connectivity index (χ1n) is 6.98. The third-order valence-corrected chi connectivity index (χ3v) is 6.21. The Bertz CT molecular complexity index is 513. The summed E-state index contributed by atoms with van der Waals surface area (Å²) in [6.07, 6.45) is 1.68. The second-order valence-electron chi connectivity index (χ2n) is 5.00. The van der Waals surface area contributed by atoms with Gasteiger partial charge in [-0.3, -0.25) is 4.31 Å². The van der Waals surface area contributed by atoms with E-state index in [4.69, 9.17) is 11.6 Å². The summed E-state index contributed by atoms with van der Waals surface area (Å²) in [4.78, 5) is 0. The van der Waals surface area contributed by atoms with Gasteiger partial charge in [0.25, 0.3) is 0 Å². The molecule has 0 spiro atoms. The number of alkyl halides is 1. The van der Waals surface area contributed by atoms with E-state index in [-0.39, 0.29) is 0 Å². The van der Waals surface area contributed by atoms with Gasteiger partial charge in [0.2, 0.25) is 0 Å². The van der Waals surface area contributed by atoms with Crippen LogP contribution in [-0.2, 0) is 10.2 Å². The normalized spacial score (nSPS) is 18.1. The van der Waals surface area contributed by atoms with E-state index in [0.717, 1.165) is 18.5 Å². The maximum absolute atomic E-state index is 12.7. The zero-order valence-electron chi connectivity index (χ0n) is 11.7. The summed E-state index contributed by atoms with van der Waals surface area (Å²) in [5, 5.41) is 0. The van der Waals surface area contributed by atoms with E-state index in [1.165, 1.54) is 4.31 Å². The molecule has 20 heavy (non-hydrogen) atoms. The molecule has 1 fully saturated rings. The summed E-state index contributed by atoms with van der Waals surface area (Å²) < 4.78 is 28.5. The maximum atomic E-state index is 12.7. The number of hydrogen-bond donors (Lipinski definition) is 0. The predicted octanol–water partition coefficient (Wildman–Crippen LogP) is 2.71. The van der Waals surface area contributed by atoms with E-state index in [1.54, 1.807) is 4.31 Å². The first-order valence-corrected chi connectivity index (χ1v) is 8.91. The Morgan fingerprint density at radius 1 is 1.25 bits per heavy atom. The van der Waals surface area contributed by atoms with Gasteiger partial charge in [0.1, 0.15) is 0 Å². The largest absolute Gasteiger partial charge is 0.304 e. The van der Waals surface area contributed by atoms with Crippen LogP contribution in [0.15, 0.2) is 30.3 Å². The molecule has 0 amide bonds. The van der Waals surface area contributed by atoms with Crippen LogP contribution in [0, 0.1) is 5.92 Å². The first-order chi connectivity index (χ1) is 9.59. The molecule has 0 atom stereocenters. The van der Waals surface area contributed by atoms with Crippen molar-refractivity contribution >= 4 is 27.5 Å². The second-order valence-corrected chi connectivity index (χ2v) is 7.17. The fourth-order valence-corrected chi connectivity index (χ4v) is 4.48. The molecule has 1 saturated heterocycles. The van der Waals surface area contributed by atoms with Crippen molar-refractivity contribution in [1.29, 1.82) is 0 Å². The molecule has 2 rings (SSSR count). The van der Waals surface area contributed by atoms with Gasteiger partial charge in [-0.15, -0.1) is 11.6 Å². The standard InChI is InChI=1S/C14H21ClN2O2S/c1-2-17(14-6-4-3-5-7-14)20(18,19)16-10-8-13(12-15)9-11-16/h3-7,13H,2,8-12H2,1H3. The van der Waals surface area contributed by atoms with Crippen LogP contribution < -0.4 is 4.31 Å². The molecule has 0 saturated carbocycles. The van der Waals surface area contributed by atoms with Gasteiger partial charge >= 0.3 is 10.2 Å². The fourth-order valence-electron chi connectivity index (χ4n) is 2.51. The maximum Gasteiger partial charge on any atom is 0.304 e. The van der Waals surface area contributed by atoms with E-state index < -0.39 is 10.2 Å².